The molecule has 0 amide bonds. The van der Waals surface area contributed by atoms with E-state index in [2.05, 4.69) is 4.98 Å². The van der Waals surface area contributed by atoms with Crippen molar-refractivity contribution in [1.82, 2.24) is 9.55 Å². The Hall–Kier alpha value is -2.55. The lowest BCUT2D eigenvalue weighted by atomic mass is 10.2. The highest BCUT2D eigenvalue weighted by molar-refractivity contribution is 5.58. The van der Waals surface area contributed by atoms with Crippen LogP contribution in [-0.2, 0) is 0 Å². The Morgan fingerprint density at radius 1 is 0.905 bits per heavy atom. The standard InChI is InChI=1S/C16H14N2O.C2H6/c1-12-7-9-14(10-8-12)18-11-15(17-16(18)19)13-5-3-2-4-6-13;1-2/h2-11H,1H3,(H,17,19);1-2H3. The van der Waals surface area contributed by atoms with Gasteiger partial charge in [-0.3, -0.25) is 4.57 Å². The minimum Gasteiger partial charge on any atom is -0.305 e. The zero-order chi connectivity index (χ0) is 15.2. The van der Waals surface area contributed by atoms with E-state index in [1.807, 2.05) is 81.6 Å². The minimum atomic E-state index is -0.122. The molecule has 108 valence electrons. The predicted molar refractivity (Wildman–Crippen MR) is 87.9 cm³/mol. The molecule has 1 heterocycles. The molecular weight excluding hydrogens is 260 g/mol. The highest BCUT2D eigenvalue weighted by Crippen LogP contribution is 2.16. The lowest BCUT2D eigenvalue weighted by Crippen LogP contribution is -2.13. The first kappa shape index (κ1) is 14.9. The normalized spacial score (nSPS) is 9.86. The lowest BCUT2D eigenvalue weighted by molar-refractivity contribution is 0.986. The summed E-state index contributed by atoms with van der Waals surface area (Å²) in [5, 5.41) is 0. The Morgan fingerprint density at radius 3 is 2.14 bits per heavy atom. The summed E-state index contributed by atoms with van der Waals surface area (Å²) < 4.78 is 1.63. The Balaban J connectivity index is 0.000000774. The highest BCUT2D eigenvalue weighted by Gasteiger charge is 2.06. The summed E-state index contributed by atoms with van der Waals surface area (Å²) in [6.45, 7) is 6.03. The van der Waals surface area contributed by atoms with Crippen molar-refractivity contribution in [2.45, 2.75) is 20.8 Å². The fourth-order valence-corrected chi connectivity index (χ4v) is 2.06. The summed E-state index contributed by atoms with van der Waals surface area (Å²) in [6, 6.07) is 17.7. The van der Waals surface area contributed by atoms with Crippen molar-refractivity contribution >= 4 is 0 Å². The summed E-state index contributed by atoms with van der Waals surface area (Å²) in [6.07, 6.45) is 1.84. The molecule has 1 N–H and O–H groups in total. The fourth-order valence-electron chi connectivity index (χ4n) is 2.06. The second kappa shape index (κ2) is 6.75. The molecule has 0 unspecified atom stereocenters. The van der Waals surface area contributed by atoms with Gasteiger partial charge in [0.15, 0.2) is 0 Å². The van der Waals surface area contributed by atoms with Gasteiger partial charge >= 0.3 is 5.69 Å². The van der Waals surface area contributed by atoms with Crippen molar-refractivity contribution in [2.75, 3.05) is 0 Å². The number of aromatic nitrogens is 2. The Labute approximate surface area is 124 Å². The number of hydrogen-bond acceptors (Lipinski definition) is 1. The summed E-state index contributed by atoms with van der Waals surface area (Å²) in [4.78, 5) is 14.9. The third kappa shape index (κ3) is 3.31. The van der Waals surface area contributed by atoms with E-state index in [9.17, 15) is 4.79 Å². The summed E-state index contributed by atoms with van der Waals surface area (Å²) >= 11 is 0. The first-order valence-electron chi connectivity index (χ1n) is 7.18. The van der Waals surface area contributed by atoms with Crippen LogP contribution >= 0.6 is 0 Å². The van der Waals surface area contributed by atoms with Crippen LogP contribution in [0.4, 0.5) is 0 Å². The number of nitrogens with one attached hydrogen (secondary N) is 1. The molecule has 2 aromatic carbocycles. The molecule has 0 saturated carbocycles. The molecule has 3 aromatic rings. The topological polar surface area (TPSA) is 37.8 Å². The Bertz CT molecular complexity index is 737. The van der Waals surface area contributed by atoms with E-state index in [4.69, 9.17) is 0 Å². The molecule has 21 heavy (non-hydrogen) atoms. The van der Waals surface area contributed by atoms with Crippen molar-refractivity contribution in [1.29, 1.82) is 0 Å². The second-order valence-electron chi connectivity index (χ2n) is 4.54. The molecule has 0 aliphatic rings. The maximum absolute atomic E-state index is 12.0. The first-order chi connectivity index (χ1) is 10.2. The van der Waals surface area contributed by atoms with E-state index in [-0.39, 0.29) is 5.69 Å². The summed E-state index contributed by atoms with van der Waals surface area (Å²) in [5.41, 5.74) is 3.75. The van der Waals surface area contributed by atoms with Crippen molar-refractivity contribution in [3.05, 3.63) is 76.8 Å². The molecule has 0 fully saturated rings. The molecule has 0 spiro atoms. The predicted octanol–water partition coefficient (Wildman–Crippen LogP) is 4.17. The Morgan fingerprint density at radius 2 is 1.52 bits per heavy atom. The van der Waals surface area contributed by atoms with Crippen LogP contribution in [0.2, 0.25) is 0 Å². The van der Waals surface area contributed by atoms with E-state index in [1.165, 1.54) is 5.56 Å². The number of rotatable bonds is 2. The van der Waals surface area contributed by atoms with Crippen LogP contribution in [0.3, 0.4) is 0 Å². The lowest BCUT2D eigenvalue weighted by Gasteiger charge is -2.00. The van der Waals surface area contributed by atoms with E-state index in [0.717, 1.165) is 16.9 Å². The molecule has 3 nitrogen and oxygen atoms in total. The van der Waals surface area contributed by atoms with Crippen molar-refractivity contribution in [3.8, 4) is 16.9 Å². The number of aromatic amines is 1. The van der Waals surface area contributed by atoms with Gasteiger partial charge in [-0.2, -0.15) is 0 Å². The van der Waals surface area contributed by atoms with Crippen LogP contribution in [0.15, 0.2) is 65.6 Å². The fraction of sp³-hybridized carbons (Fsp3) is 0.167. The maximum atomic E-state index is 12.0. The third-order valence-corrected chi connectivity index (χ3v) is 3.12. The Kier molecular flexibility index (Phi) is 4.77. The van der Waals surface area contributed by atoms with Crippen LogP contribution in [0, 0.1) is 6.92 Å². The van der Waals surface area contributed by atoms with Crippen molar-refractivity contribution in [2.24, 2.45) is 0 Å². The quantitative estimate of drug-likeness (QED) is 0.751. The monoisotopic (exact) mass is 280 g/mol. The number of aryl methyl sites for hydroxylation is 1. The van der Waals surface area contributed by atoms with Gasteiger partial charge in [0.1, 0.15) is 0 Å². The average Bonchev–Trinajstić information content (AvgIpc) is 2.93. The molecule has 0 bridgehead atoms. The smallest absolute Gasteiger partial charge is 0.305 e. The summed E-state index contributed by atoms with van der Waals surface area (Å²) in [7, 11) is 0. The summed E-state index contributed by atoms with van der Waals surface area (Å²) in [5.74, 6) is 0. The first-order valence-corrected chi connectivity index (χ1v) is 7.18. The van der Waals surface area contributed by atoms with Gasteiger partial charge in [-0.05, 0) is 24.6 Å². The number of H-pyrrole nitrogens is 1. The molecule has 0 saturated heterocycles. The molecular formula is C18H20N2O. The van der Waals surface area contributed by atoms with Gasteiger partial charge in [0.05, 0.1) is 11.4 Å². The molecule has 0 atom stereocenters. The van der Waals surface area contributed by atoms with E-state index in [0.29, 0.717) is 0 Å². The van der Waals surface area contributed by atoms with Crippen molar-refractivity contribution < 1.29 is 0 Å². The van der Waals surface area contributed by atoms with E-state index < -0.39 is 0 Å². The average molecular weight is 280 g/mol. The number of nitrogens with zero attached hydrogens (tertiary/aromatic N) is 1. The number of imidazole rings is 1. The van der Waals surface area contributed by atoms with Gasteiger partial charge in [0.2, 0.25) is 0 Å². The third-order valence-electron chi connectivity index (χ3n) is 3.12. The molecule has 0 radical (unpaired) electrons. The van der Waals surface area contributed by atoms with Crippen molar-refractivity contribution in [3.63, 3.8) is 0 Å². The number of benzene rings is 2. The van der Waals surface area contributed by atoms with Crippen LogP contribution in [0.1, 0.15) is 19.4 Å². The molecule has 0 aliphatic heterocycles. The van der Waals surface area contributed by atoms with Crippen LogP contribution in [0.25, 0.3) is 16.9 Å². The maximum Gasteiger partial charge on any atom is 0.330 e. The van der Waals surface area contributed by atoms with Gasteiger partial charge < -0.3 is 4.98 Å². The van der Waals surface area contributed by atoms with Crippen LogP contribution in [0.5, 0.6) is 0 Å². The molecule has 0 aliphatic carbocycles. The molecule has 3 rings (SSSR count). The molecule has 1 aromatic heterocycles. The van der Waals surface area contributed by atoms with Gasteiger partial charge in [-0.25, -0.2) is 4.79 Å². The number of hydrogen-bond donors (Lipinski definition) is 1. The highest BCUT2D eigenvalue weighted by atomic mass is 16.1. The van der Waals surface area contributed by atoms with Crippen LogP contribution < -0.4 is 5.69 Å². The van der Waals surface area contributed by atoms with E-state index in [1.54, 1.807) is 4.57 Å². The van der Waals surface area contributed by atoms with E-state index >= 15 is 0 Å². The second-order valence-corrected chi connectivity index (χ2v) is 4.54. The molecule has 3 heteroatoms. The van der Waals surface area contributed by atoms with Gasteiger partial charge in [-0.15, -0.1) is 0 Å². The SMILES string of the molecule is CC.Cc1ccc(-n2cc(-c3ccccc3)[nH]c2=O)cc1. The van der Waals surface area contributed by atoms with Gasteiger partial charge in [-0.1, -0.05) is 61.9 Å². The van der Waals surface area contributed by atoms with Gasteiger partial charge in [0, 0.05) is 6.20 Å². The van der Waals surface area contributed by atoms with Crippen LogP contribution in [-0.4, -0.2) is 9.55 Å². The largest absolute Gasteiger partial charge is 0.330 e. The zero-order valence-electron chi connectivity index (χ0n) is 12.6. The zero-order valence-corrected chi connectivity index (χ0v) is 12.6. The van der Waals surface area contributed by atoms with Gasteiger partial charge in [0.25, 0.3) is 0 Å². The minimum absolute atomic E-state index is 0.122.